The SMILES string of the molecule is CCc1cc(NC(=O)C2(c3ccc4c(c3)OC(F)(F)O4)CC2)cc2cc(C(C)(C)C)n(C[C@@H](O)CO)c12. The number of ether oxygens (including phenoxy) is 2. The maximum atomic E-state index is 13.5. The van der Waals surface area contributed by atoms with Crippen molar-refractivity contribution < 1.29 is 33.3 Å². The van der Waals surface area contributed by atoms with Crippen LogP contribution >= 0.6 is 0 Å². The van der Waals surface area contributed by atoms with Gasteiger partial charge in [-0.25, -0.2) is 0 Å². The van der Waals surface area contributed by atoms with Gasteiger partial charge in [0.15, 0.2) is 11.5 Å². The van der Waals surface area contributed by atoms with Crippen molar-refractivity contribution in [2.75, 3.05) is 11.9 Å². The van der Waals surface area contributed by atoms with Gasteiger partial charge in [0.1, 0.15) is 0 Å². The standard InChI is InChI=1S/C28H32F2N2O5/c1-5-16-10-19(11-17-12-23(26(2,3)4)32(24(16)17)14-20(34)15-33)31-25(35)27(8-9-27)18-6-7-21-22(13-18)37-28(29,30)36-21/h6-7,10-13,20,33-34H,5,8-9,14-15H2,1-4H3,(H,31,35)/t20-/m1/s1. The summed E-state index contributed by atoms with van der Waals surface area (Å²) >= 11 is 0. The molecular formula is C28H32F2N2O5. The van der Waals surface area contributed by atoms with Crippen LogP contribution in [0.15, 0.2) is 36.4 Å². The van der Waals surface area contributed by atoms with Crippen LogP contribution in [0.5, 0.6) is 11.5 Å². The Labute approximate surface area is 214 Å². The van der Waals surface area contributed by atoms with E-state index in [4.69, 9.17) is 0 Å². The predicted molar refractivity (Wildman–Crippen MR) is 135 cm³/mol. The molecule has 1 fully saturated rings. The van der Waals surface area contributed by atoms with Gasteiger partial charge in [-0.2, -0.15) is 0 Å². The highest BCUT2D eigenvalue weighted by Gasteiger charge is 2.52. The second-order valence-electron chi connectivity index (χ2n) is 11.0. The second-order valence-corrected chi connectivity index (χ2v) is 11.0. The van der Waals surface area contributed by atoms with Crippen molar-refractivity contribution in [2.45, 2.75) is 76.7 Å². The summed E-state index contributed by atoms with van der Waals surface area (Å²) in [5.41, 5.74) is 3.22. The third-order valence-electron chi connectivity index (χ3n) is 7.22. The number of halogens is 2. The number of aryl methyl sites for hydroxylation is 1. The first-order chi connectivity index (χ1) is 17.4. The molecule has 1 aromatic heterocycles. The molecule has 0 unspecified atom stereocenters. The van der Waals surface area contributed by atoms with Gasteiger partial charge in [-0.1, -0.05) is 33.8 Å². The van der Waals surface area contributed by atoms with Crippen LogP contribution in [0.25, 0.3) is 10.9 Å². The maximum Gasteiger partial charge on any atom is 0.586 e. The molecule has 2 heterocycles. The number of nitrogens with one attached hydrogen (secondary N) is 1. The minimum Gasteiger partial charge on any atom is -0.395 e. The molecule has 198 valence electrons. The maximum absolute atomic E-state index is 13.5. The van der Waals surface area contributed by atoms with Gasteiger partial charge in [-0.3, -0.25) is 4.79 Å². The van der Waals surface area contributed by atoms with Crippen LogP contribution in [-0.2, 0) is 28.6 Å². The van der Waals surface area contributed by atoms with Gasteiger partial charge in [0.2, 0.25) is 5.91 Å². The van der Waals surface area contributed by atoms with Crippen LogP contribution in [0.2, 0.25) is 0 Å². The Balaban J connectivity index is 1.48. The Kier molecular flexibility index (Phi) is 5.99. The second kappa shape index (κ2) is 8.70. The fourth-order valence-corrected chi connectivity index (χ4v) is 5.19. The van der Waals surface area contributed by atoms with Crippen LogP contribution in [0.1, 0.15) is 57.4 Å². The molecule has 3 aromatic rings. The Morgan fingerprint density at radius 3 is 2.46 bits per heavy atom. The van der Waals surface area contributed by atoms with E-state index in [-0.39, 0.29) is 36.0 Å². The number of carbonyl (C=O) groups is 1. The molecule has 2 aromatic carbocycles. The van der Waals surface area contributed by atoms with E-state index in [9.17, 15) is 23.8 Å². The zero-order valence-corrected chi connectivity index (χ0v) is 21.4. The average Bonchev–Trinajstić information content (AvgIpc) is 3.46. The highest BCUT2D eigenvalue weighted by Crippen LogP contribution is 2.52. The monoisotopic (exact) mass is 514 g/mol. The summed E-state index contributed by atoms with van der Waals surface area (Å²) in [4.78, 5) is 13.5. The first kappa shape index (κ1) is 25.5. The van der Waals surface area contributed by atoms with Gasteiger partial charge in [-0.05, 0) is 60.7 Å². The van der Waals surface area contributed by atoms with Gasteiger partial charge in [0.05, 0.1) is 30.2 Å². The number of aliphatic hydroxyl groups excluding tert-OH is 2. The fourth-order valence-electron chi connectivity index (χ4n) is 5.19. The van der Waals surface area contributed by atoms with Crippen molar-refractivity contribution in [1.82, 2.24) is 4.57 Å². The summed E-state index contributed by atoms with van der Waals surface area (Å²) in [5.74, 6) is -0.323. The molecule has 2 aliphatic rings. The van der Waals surface area contributed by atoms with Gasteiger partial charge in [0.25, 0.3) is 0 Å². The first-order valence-corrected chi connectivity index (χ1v) is 12.5. The molecule has 0 radical (unpaired) electrons. The molecule has 1 amide bonds. The minimum absolute atomic E-state index is 0.0477. The number of aliphatic hydroxyl groups is 2. The van der Waals surface area contributed by atoms with E-state index in [1.807, 2.05) is 19.1 Å². The minimum atomic E-state index is -3.71. The van der Waals surface area contributed by atoms with Crippen molar-refractivity contribution in [3.8, 4) is 11.5 Å². The number of amides is 1. The quantitative estimate of drug-likeness (QED) is 0.419. The summed E-state index contributed by atoms with van der Waals surface area (Å²) in [6.07, 6.45) is -2.70. The number of alkyl halides is 2. The molecule has 37 heavy (non-hydrogen) atoms. The molecule has 1 aliphatic heterocycles. The fraction of sp³-hybridized carbons (Fsp3) is 0.464. The number of aromatic nitrogens is 1. The van der Waals surface area contributed by atoms with Gasteiger partial charge >= 0.3 is 6.29 Å². The van der Waals surface area contributed by atoms with Crippen LogP contribution in [-0.4, -0.2) is 39.7 Å². The molecular weight excluding hydrogens is 482 g/mol. The first-order valence-electron chi connectivity index (χ1n) is 12.5. The number of nitrogens with zero attached hydrogens (tertiary/aromatic N) is 1. The average molecular weight is 515 g/mol. The van der Waals surface area contributed by atoms with E-state index in [2.05, 4.69) is 46.2 Å². The summed E-state index contributed by atoms with van der Waals surface area (Å²) < 4.78 is 38.1. The van der Waals surface area contributed by atoms with Crippen LogP contribution in [0.4, 0.5) is 14.5 Å². The lowest BCUT2D eigenvalue weighted by molar-refractivity contribution is -0.286. The highest BCUT2D eigenvalue weighted by molar-refractivity contribution is 6.03. The van der Waals surface area contributed by atoms with Crippen LogP contribution < -0.4 is 14.8 Å². The van der Waals surface area contributed by atoms with Gasteiger partial charge in [0, 0.05) is 22.2 Å². The van der Waals surface area contributed by atoms with Crippen molar-refractivity contribution in [3.05, 3.63) is 53.2 Å². The highest BCUT2D eigenvalue weighted by atomic mass is 19.3. The Morgan fingerprint density at radius 2 is 1.84 bits per heavy atom. The molecule has 5 rings (SSSR count). The molecule has 0 spiro atoms. The summed E-state index contributed by atoms with van der Waals surface area (Å²) in [6.45, 7) is 8.23. The lowest BCUT2D eigenvalue weighted by Gasteiger charge is -2.24. The summed E-state index contributed by atoms with van der Waals surface area (Å²) in [7, 11) is 0. The van der Waals surface area contributed by atoms with E-state index in [1.54, 1.807) is 6.07 Å². The van der Waals surface area contributed by atoms with Crippen molar-refractivity contribution in [3.63, 3.8) is 0 Å². The molecule has 1 saturated carbocycles. The Bertz CT molecular complexity index is 1370. The molecule has 0 bridgehead atoms. The van der Waals surface area contributed by atoms with Crippen molar-refractivity contribution in [2.24, 2.45) is 0 Å². The Morgan fingerprint density at radius 1 is 1.14 bits per heavy atom. The predicted octanol–water partition coefficient (Wildman–Crippen LogP) is 4.85. The number of hydrogen-bond acceptors (Lipinski definition) is 5. The molecule has 7 nitrogen and oxygen atoms in total. The normalized spacial score (nSPS) is 18.2. The van der Waals surface area contributed by atoms with Crippen LogP contribution in [0.3, 0.4) is 0 Å². The molecule has 1 aliphatic carbocycles. The number of rotatable bonds is 7. The topological polar surface area (TPSA) is 93.0 Å². The van der Waals surface area contributed by atoms with Gasteiger partial charge in [-0.15, -0.1) is 8.78 Å². The van der Waals surface area contributed by atoms with Crippen LogP contribution in [0, 0.1) is 0 Å². The smallest absolute Gasteiger partial charge is 0.395 e. The molecule has 9 heteroatoms. The largest absolute Gasteiger partial charge is 0.586 e. The van der Waals surface area contributed by atoms with E-state index >= 15 is 0 Å². The van der Waals surface area contributed by atoms with E-state index in [1.165, 1.54) is 12.1 Å². The number of anilines is 1. The molecule has 1 atom stereocenters. The molecule has 3 N–H and O–H groups in total. The number of benzene rings is 2. The lowest BCUT2D eigenvalue weighted by atomic mass is 9.92. The van der Waals surface area contributed by atoms with Gasteiger partial charge < -0.3 is 29.6 Å². The van der Waals surface area contributed by atoms with Crippen molar-refractivity contribution >= 4 is 22.5 Å². The number of hydrogen-bond donors (Lipinski definition) is 3. The zero-order chi connectivity index (χ0) is 26.8. The van der Waals surface area contributed by atoms with E-state index < -0.39 is 17.8 Å². The van der Waals surface area contributed by atoms with Crippen molar-refractivity contribution in [1.29, 1.82) is 0 Å². The van der Waals surface area contributed by atoms with E-state index in [0.717, 1.165) is 22.2 Å². The molecule has 0 saturated heterocycles. The number of carbonyl (C=O) groups excluding carboxylic acids is 1. The zero-order valence-electron chi connectivity index (χ0n) is 21.4. The van der Waals surface area contributed by atoms with E-state index in [0.29, 0.717) is 30.5 Å². The Hall–Kier alpha value is -3.17. The third-order valence-corrected chi connectivity index (χ3v) is 7.22. The summed E-state index contributed by atoms with van der Waals surface area (Å²) in [6, 6.07) is 10.4. The number of fused-ring (bicyclic) bond motifs is 2. The third kappa shape index (κ3) is 4.55. The summed E-state index contributed by atoms with van der Waals surface area (Å²) in [5, 5.41) is 23.7. The lowest BCUT2D eigenvalue weighted by Crippen LogP contribution is -2.28.